The average molecular weight is 259 g/mol. The molecule has 0 aromatic heterocycles. The Hall–Kier alpha value is -0.180. The van der Waals surface area contributed by atoms with Gasteiger partial charge >= 0.3 is 0 Å². The summed E-state index contributed by atoms with van der Waals surface area (Å²) in [7, 11) is 0. The summed E-state index contributed by atoms with van der Waals surface area (Å²) in [6, 6.07) is 0.155. The molecule has 0 saturated heterocycles. The third-order valence-electron chi connectivity index (χ3n) is 4.85. The maximum Gasteiger partial charge on any atom is 0.248 e. The predicted octanol–water partition coefficient (Wildman–Crippen LogP) is 4.50. The summed E-state index contributed by atoms with van der Waals surface area (Å²) in [6.07, 6.45) is 10.2. The Kier molecular flexibility index (Phi) is 4.99. The molecule has 2 aliphatic rings. The van der Waals surface area contributed by atoms with E-state index in [0.717, 1.165) is 12.8 Å². The normalized spacial score (nSPS) is 31.8. The molecular weight excluding hydrogens is 232 g/mol. The van der Waals surface area contributed by atoms with Gasteiger partial charge in [0.05, 0.1) is 0 Å². The number of halogens is 2. The lowest BCUT2D eigenvalue weighted by Crippen LogP contribution is -2.35. The monoisotopic (exact) mass is 259 g/mol. The van der Waals surface area contributed by atoms with Crippen LogP contribution in [-0.2, 0) is 0 Å². The minimum atomic E-state index is -2.42. The molecule has 0 heterocycles. The molecule has 0 aliphatic heterocycles. The van der Waals surface area contributed by atoms with Crippen LogP contribution in [0.15, 0.2) is 0 Å². The van der Waals surface area contributed by atoms with E-state index in [9.17, 15) is 8.78 Å². The van der Waals surface area contributed by atoms with Crippen molar-refractivity contribution in [1.29, 1.82) is 0 Å². The Morgan fingerprint density at radius 3 is 2.28 bits per heavy atom. The van der Waals surface area contributed by atoms with E-state index in [2.05, 4.69) is 0 Å². The van der Waals surface area contributed by atoms with Crippen LogP contribution < -0.4 is 5.73 Å². The summed E-state index contributed by atoms with van der Waals surface area (Å²) in [5.41, 5.74) is 6.29. The Morgan fingerprint density at radius 1 is 1.00 bits per heavy atom. The van der Waals surface area contributed by atoms with Gasteiger partial charge in [0.15, 0.2) is 0 Å². The lowest BCUT2D eigenvalue weighted by atomic mass is 9.79. The van der Waals surface area contributed by atoms with Gasteiger partial charge in [-0.1, -0.05) is 25.7 Å². The summed E-state index contributed by atoms with van der Waals surface area (Å²) in [5.74, 6) is -1.68. The molecular formula is C15H27F2N. The zero-order valence-electron chi connectivity index (χ0n) is 11.3. The summed E-state index contributed by atoms with van der Waals surface area (Å²) in [6.45, 7) is 0. The van der Waals surface area contributed by atoms with Crippen molar-refractivity contribution in [1.82, 2.24) is 0 Å². The molecule has 0 aromatic rings. The maximum absolute atomic E-state index is 13.4. The van der Waals surface area contributed by atoms with Gasteiger partial charge in [0, 0.05) is 18.9 Å². The largest absolute Gasteiger partial charge is 0.327 e. The summed E-state index contributed by atoms with van der Waals surface area (Å²) in [4.78, 5) is 0. The minimum Gasteiger partial charge on any atom is -0.327 e. The van der Waals surface area contributed by atoms with Crippen molar-refractivity contribution in [2.24, 2.45) is 17.6 Å². The van der Waals surface area contributed by atoms with E-state index in [-0.39, 0.29) is 24.8 Å². The first-order valence-corrected chi connectivity index (χ1v) is 7.70. The van der Waals surface area contributed by atoms with Crippen molar-refractivity contribution in [2.45, 2.75) is 82.6 Å². The summed E-state index contributed by atoms with van der Waals surface area (Å²) >= 11 is 0. The number of nitrogens with two attached hydrogens (primary N) is 1. The zero-order valence-corrected chi connectivity index (χ0v) is 11.3. The molecule has 106 valence electrons. The third kappa shape index (κ3) is 4.18. The van der Waals surface area contributed by atoms with Gasteiger partial charge in [-0.25, -0.2) is 8.78 Å². The lowest BCUT2D eigenvalue weighted by Gasteiger charge is -2.32. The molecule has 2 N–H and O–H groups in total. The number of hydrogen-bond donors (Lipinski definition) is 1. The highest BCUT2D eigenvalue weighted by atomic mass is 19.3. The quantitative estimate of drug-likeness (QED) is 0.742. The Morgan fingerprint density at radius 2 is 1.67 bits per heavy atom. The standard InChI is InChI=1S/C15H27F2N/c16-15(17)9-5-6-12(11-15)10-14(18)13-7-3-1-2-4-8-13/h12-14H,1-11,18H2. The van der Waals surface area contributed by atoms with Gasteiger partial charge in [-0.2, -0.15) is 0 Å². The summed E-state index contributed by atoms with van der Waals surface area (Å²) in [5, 5.41) is 0. The minimum absolute atomic E-state index is 0.0768. The van der Waals surface area contributed by atoms with E-state index in [1.165, 1.54) is 38.5 Å². The van der Waals surface area contributed by atoms with Crippen LogP contribution in [0.2, 0.25) is 0 Å². The van der Waals surface area contributed by atoms with E-state index < -0.39 is 5.92 Å². The molecule has 18 heavy (non-hydrogen) atoms. The van der Waals surface area contributed by atoms with Crippen LogP contribution in [0.1, 0.15) is 70.6 Å². The molecule has 2 saturated carbocycles. The molecule has 2 fully saturated rings. The van der Waals surface area contributed by atoms with Crippen LogP contribution in [0.5, 0.6) is 0 Å². The second-order valence-electron chi connectivity index (χ2n) is 6.47. The van der Waals surface area contributed by atoms with Gasteiger partial charge in [0.1, 0.15) is 0 Å². The molecule has 0 aromatic carbocycles. The van der Waals surface area contributed by atoms with Gasteiger partial charge in [0.2, 0.25) is 5.92 Å². The predicted molar refractivity (Wildman–Crippen MR) is 70.7 cm³/mol. The van der Waals surface area contributed by atoms with Gasteiger partial charge in [0.25, 0.3) is 0 Å². The number of hydrogen-bond acceptors (Lipinski definition) is 1. The van der Waals surface area contributed by atoms with E-state index >= 15 is 0 Å². The maximum atomic E-state index is 13.4. The van der Waals surface area contributed by atoms with Crippen LogP contribution in [0.25, 0.3) is 0 Å². The van der Waals surface area contributed by atoms with Crippen molar-refractivity contribution < 1.29 is 8.78 Å². The number of rotatable bonds is 3. The fourth-order valence-corrected chi connectivity index (χ4v) is 3.79. The highest BCUT2D eigenvalue weighted by Crippen LogP contribution is 2.39. The van der Waals surface area contributed by atoms with Crippen LogP contribution >= 0.6 is 0 Å². The first-order chi connectivity index (χ1) is 8.57. The molecule has 3 heteroatoms. The molecule has 0 radical (unpaired) electrons. The summed E-state index contributed by atoms with van der Waals surface area (Å²) < 4.78 is 26.7. The van der Waals surface area contributed by atoms with Crippen LogP contribution in [-0.4, -0.2) is 12.0 Å². The van der Waals surface area contributed by atoms with Gasteiger partial charge < -0.3 is 5.73 Å². The van der Waals surface area contributed by atoms with Crippen LogP contribution in [0, 0.1) is 11.8 Å². The molecule has 2 rings (SSSR count). The first-order valence-electron chi connectivity index (χ1n) is 7.70. The van der Waals surface area contributed by atoms with E-state index in [4.69, 9.17) is 5.73 Å². The third-order valence-corrected chi connectivity index (χ3v) is 4.85. The van der Waals surface area contributed by atoms with Crippen molar-refractivity contribution in [3.8, 4) is 0 Å². The Labute approximate surface area is 110 Å². The fourth-order valence-electron chi connectivity index (χ4n) is 3.79. The second kappa shape index (κ2) is 6.31. The van der Waals surface area contributed by atoms with Gasteiger partial charge in [-0.3, -0.25) is 0 Å². The highest BCUT2D eigenvalue weighted by Gasteiger charge is 2.37. The SMILES string of the molecule is NC(CC1CCCC(F)(F)C1)C1CCCCCC1. The topological polar surface area (TPSA) is 26.0 Å². The molecule has 0 bridgehead atoms. The zero-order chi connectivity index (χ0) is 13.0. The van der Waals surface area contributed by atoms with Crippen molar-refractivity contribution >= 4 is 0 Å². The van der Waals surface area contributed by atoms with Gasteiger partial charge in [-0.15, -0.1) is 0 Å². The van der Waals surface area contributed by atoms with E-state index in [1.807, 2.05) is 0 Å². The fraction of sp³-hybridized carbons (Fsp3) is 1.00. The van der Waals surface area contributed by atoms with E-state index in [0.29, 0.717) is 12.3 Å². The van der Waals surface area contributed by atoms with Gasteiger partial charge in [-0.05, 0) is 43.9 Å². The first kappa shape index (κ1) is 14.2. The Bertz CT molecular complexity index is 247. The van der Waals surface area contributed by atoms with Crippen molar-refractivity contribution in [3.05, 3.63) is 0 Å². The van der Waals surface area contributed by atoms with Crippen LogP contribution in [0.3, 0.4) is 0 Å². The average Bonchev–Trinajstić information content (AvgIpc) is 2.55. The lowest BCUT2D eigenvalue weighted by molar-refractivity contribution is -0.0550. The smallest absolute Gasteiger partial charge is 0.248 e. The molecule has 0 amide bonds. The molecule has 2 atom stereocenters. The second-order valence-corrected chi connectivity index (χ2v) is 6.47. The van der Waals surface area contributed by atoms with Crippen LogP contribution in [0.4, 0.5) is 8.78 Å². The van der Waals surface area contributed by atoms with E-state index in [1.54, 1.807) is 0 Å². The molecule has 1 nitrogen and oxygen atoms in total. The Balaban J connectivity index is 1.80. The highest BCUT2D eigenvalue weighted by molar-refractivity contribution is 4.84. The molecule has 2 aliphatic carbocycles. The number of alkyl halides is 2. The molecule has 2 unspecified atom stereocenters. The van der Waals surface area contributed by atoms with Crippen molar-refractivity contribution in [3.63, 3.8) is 0 Å². The van der Waals surface area contributed by atoms with Crippen molar-refractivity contribution in [2.75, 3.05) is 0 Å². The molecule has 0 spiro atoms.